The highest BCUT2D eigenvalue weighted by Gasteiger charge is 2.19. The number of ether oxygens (including phenoxy) is 1. The van der Waals surface area contributed by atoms with Gasteiger partial charge in [-0.05, 0) is 48.7 Å². The minimum absolute atomic E-state index is 0.162. The lowest BCUT2D eigenvalue weighted by Crippen LogP contribution is -2.25. The van der Waals surface area contributed by atoms with Crippen molar-refractivity contribution >= 4 is 11.6 Å². The molecule has 32 heavy (non-hydrogen) atoms. The third kappa shape index (κ3) is 4.32. The summed E-state index contributed by atoms with van der Waals surface area (Å²) in [6, 6.07) is 15.1. The Morgan fingerprint density at radius 2 is 1.72 bits per heavy atom. The van der Waals surface area contributed by atoms with Gasteiger partial charge in [0, 0.05) is 12.7 Å². The fourth-order valence-corrected chi connectivity index (χ4v) is 3.52. The van der Waals surface area contributed by atoms with Crippen LogP contribution in [0.5, 0.6) is 5.75 Å². The number of fused-ring (bicyclic) bond motifs is 1. The highest BCUT2D eigenvalue weighted by Crippen LogP contribution is 2.24. The molecule has 0 spiro atoms. The fourth-order valence-electron chi connectivity index (χ4n) is 3.52. The van der Waals surface area contributed by atoms with Crippen molar-refractivity contribution in [1.29, 1.82) is 0 Å². The number of hydrogen-bond acceptors (Lipinski definition) is 3. The van der Waals surface area contributed by atoms with Gasteiger partial charge in [0.05, 0.1) is 11.3 Å². The molecule has 0 atom stereocenters. The molecule has 0 saturated carbocycles. The van der Waals surface area contributed by atoms with Gasteiger partial charge < -0.3 is 10.1 Å². The van der Waals surface area contributed by atoms with Crippen molar-refractivity contribution in [3.63, 3.8) is 0 Å². The molecule has 1 N–H and O–H groups in total. The van der Waals surface area contributed by atoms with Crippen LogP contribution in [0.4, 0.5) is 8.78 Å². The summed E-state index contributed by atoms with van der Waals surface area (Å²) >= 11 is 0. The van der Waals surface area contributed by atoms with Crippen molar-refractivity contribution in [2.24, 2.45) is 0 Å². The van der Waals surface area contributed by atoms with E-state index in [2.05, 4.69) is 17.2 Å². The SMILES string of the molecule is CCc1ccc(CNC(=O)c2c(C)nc3c(OCc4c(F)cccc4F)cccn23)cc1. The Morgan fingerprint density at radius 1 is 1.03 bits per heavy atom. The predicted octanol–water partition coefficient (Wildman–Crippen LogP) is 4.99. The molecule has 2 aromatic heterocycles. The number of nitrogens with one attached hydrogen (secondary N) is 1. The number of amides is 1. The van der Waals surface area contributed by atoms with E-state index in [4.69, 9.17) is 4.74 Å². The van der Waals surface area contributed by atoms with Gasteiger partial charge in [-0.2, -0.15) is 0 Å². The number of carbonyl (C=O) groups excluding carboxylic acids is 1. The average molecular weight is 435 g/mol. The smallest absolute Gasteiger partial charge is 0.270 e. The lowest BCUT2D eigenvalue weighted by molar-refractivity contribution is 0.0944. The van der Waals surface area contributed by atoms with E-state index in [1.165, 1.54) is 23.8 Å². The second kappa shape index (κ2) is 9.18. The van der Waals surface area contributed by atoms with E-state index in [0.717, 1.165) is 12.0 Å². The summed E-state index contributed by atoms with van der Waals surface area (Å²) in [6.45, 7) is 3.92. The van der Waals surface area contributed by atoms with E-state index in [9.17, 15) is 13.6 Å². The Kier molecular flexibility index (Phi) is 6.16. The van der Waals surface area contributed by atoms with Crippen LogP contribution >= 0.6 is 0 Å². The average Bonchev–Trinajstić information content (AvgIpc) is 3.14. The van der Waals surface area contributed by atoms with Crippen LogP contribution in [-0.2, 0) is 19.6 Å². The summed E-state index contributed by atoms with van der Waals surface area (Å²) in [6.07, 6.45) is 2.67. The van der Waals surface area contributed by atoms with Crippen LogP contribution in [0.1, 0.15) is 39.8 Å². The molecule has 0 aliphatic heterocycles. The highest BCUT2D eigenvalue weighted by atomic mass is 19.1. The summed E-state index contributed by atoms with van der Waals surface area (Å²) in [7, 11) is 0. The molecule has 0 aliphatic rings. The summed E-state index contributed by atoms with van der Waals surface area (Å²) < 4.78 is 35.1. The third-order valence-electron chi connectivity index (χ3n) is 5.32. The zero-order valence-electron chi connectivity index (χ0n) is 17.9. The summed E-state index contributed by atoms with van der Waals surface area (Å²) in [5.74, 6) is -1.30. The zero-order chi connectivity index (χ0) is 22.7. The first-order valence-corrected chi connectivity index (χ1v) is 10.4. The topological polar surface area (TPSA) is 55.6 Å². The standard InChI is InChI=1S/C25H23F2N3O2/c1-3-17-9-11-18(12-10-17)14-28-25(31)23-16(2)29-24-22(8-5-13-30(23)24)32-15-19-20(26)6-4-7-21(19)27/h4-13H,3,14-15H2,1-2H3,(H,28,31). The van der Waals surface area contributed by atoms with E-state index in [-0.39, 0.29) is 18.1 Å². The number of benzene rings is 2. The third-order valence-corrected chi connectivity index (χ3v) is 5.32. The molecule has 0 bridgehead atoms. The van der Waals surface area contributed by atoms with Crippen molar-refractivity contribution < 1.29 is 18.3 Å². The molecule has 0 radical (unpaired) electrons. The number of pyridine rings is 1. The maximum Gasteiger partial charge on any atom is 0.270 e. The van der Waals surface area contributed by atoms with Crippen LogP contribution in [0.25, 0.3) is 5.65 Å². The minimum atomic E-state index is -0.677. The first-order chi connectivity index (χ1) is 15.5. The van der Waals surface area contributed by atoms with Gasteiger partial charge in [0.25, 0.3) is 5.91 Å². The Bertz CT molecular complexity index is 1250. The lowest BCUT2D eigenvalue weighted by atomic mass is 10.1. The van der Waals surface area contributed by atoms with Crippen molar-refractivity contribution in [3.05, 3.63) is 101 Å². The Hall–Kier alpha value is -3.74. The van der Waals surface area contributed by atoms with Crippen LogP contribution in [-0.4, -0.2) is 15.3 Å². The number of halogens is 2. The van der Waals surface area contributed by atoms with E-state index in [1.807, 2.05) is 24.3 Å². The molecule has 4 rings (SSSR count). The Balaban J connectivity index is 1.54. The zero-order valence-corrected chi connectivity index (χ0v) is 17.9. The fraction of sp³-hybridized carbons (Fsp3) is 0.200. The first-order valence-electron chi connectivity index (χ1n) is 10.4. The summed E-state index contributed by atoms with van der Waals surface area (Å²) in [5, 5.41) is 2.92. The molecule has 0 unspecified atom stereocenters. The second-order valence-corrected chi connectivity index (χ2v) is 7.45. The molecular weight excluding hydrogens is 412 g/mol. The van der Waals surface area contributed by atoms with E-state index >= 15 is 0 Å². The molecule has 0 fully saturated rings. The van der Waals surface area contributed by atoms with Crippen molar-refractivity contribution in [2.45, 2.75) is 33.4 Å². The second-order valence-electron chi connectivity index (χ2n) is 7.45. The molecule has 0 aliphatic carbocycles. The number of imidazole rings is 1. The van der Waals surface area contributed by atoms with Crippen LogP contribution in [0.2, 0.25) is 0 Å². The normalized spacial score (nSPS) is 11.0. The largest absolute Gasteiger partial charge is 0.485 e. The Morgan fingerprint density at radius 3 is 2.41 bits per heavy atom. The lowest BCUT2D eigenvalue weighted by Gasteiger charge is -2.10. The van der Waals surface area contributed by atoms with Crippen molar-refractivity contribution in [3.8, 4) is 5.75 Å². The predicted molar refractivity (Wildman–Crippen MR) is 118 cm³/mol. The molecule has 4 aromatic rings. The molecule has 0 saturated heterocycles. The quantitative estimate of drug-likeness (QED) is 0.445. The van der Waals surface area contributed by atoms with Gasteiger partial charge in [-0.25, -0.2) is 13.8 Å². The van der Waals surface area contributed by atoms with E-state index in [1.54, 1.807) is 29.7 Å². The molecule has 5 nitrogen and oxygen atoms in total. The molecule has 2 aromatic carbocycles. The number of aryl methyl sites for hydroxylation is 2. The van der Waals surface area contributed by atoms with Crippen LogP contribution in [0.3, 0.4) is 0 Å². The maximum atomic E-state index is 13.9. The van der Waals surface area contributed by atoms with Gasteiger partial charge in [-0.15, -0.1) is 0 Å². The molecule has 1 amide bonds. The van der Waals surface area contributed by atoms with E-state index < -0.39 is 11.6 Å². The molecular formula is C25H23F2N3O2. The minimum Gasteiger partial charge on any atom is -0.485 e. The first kappa shape index (κ1) is 21.5. The number of rotatable bonds is 7. The summed E-state index contributed by atoms with van der Waals surface area (Å²) in [4.78, 5) is 17.4. The molecule has 7 heteroatoms. The maximum absolute atomic E-state index is 13.9. The van der Waals surface area contributed by atoms with Gasteiger partial charge >= 0.3 is 0 Å². The molecule has 164 valence electrons. The van der Waals surface area contributed by atoms with Gasteiger partial charge in [0.2, 0.25) is 0 Å². The number of nitrogens with zero attached hydrogens (tertiary/aromatic N) is 2. The van der Waals surface area contributed by atoms with Gasteiger partial charge in [-0.3, -0.25) is 9.20 Å². The van der Waals surface area contributed by atoms with Gasteiger partial charge in [0.15, 0.2) is 11.4 Å². The van der Waals surface area contributed by atoms with Crippen molar-refractivity contribution in [1.82, 2.24) is 14.7 Å². The van der Waals surface area contributed by atoms with Crippen molar-refractivity contribution in [2.75, 3.05) is 0 Å². The van der Waals surface area contributed by atoms with E-state index in [0.29, 0.717) is 29.3 Å². The number of carbonyl (C=O) groups is 1. The van der Waals surface area contributed by atoms with Gasteiger partial charge in [0.1, 0.15) is 23.9 Å². The Labute approximate surface area is 184 Å². The molecule has 2 heterocycles. The number of aromatic nitrogens is 2. The highest BCUT2D eigenvalue weighted by molar-refractivity contribution is 5.94. The van der Waals surface area contributed by atoms with Gasteiger partial charge in [-0.1, -0.05) is 37.3 Å². The monoisotopic (exact) mass is 435 g/mol. The summed E-state index contributed by atoms with van der Waals surface area (Å²) in [5.41, 5.74) is 3.38. The van der Waals surface area contributed by atoms with Crippen LogP contribution in [0, 0.1) is 18.6 Å². The number of hydrogen-bond donors (Lipinski definition) is 1. The van der Waals surface area contributed by atoms with Crippen LogP contribution in [0.15, 0.2) is 60.8 Å². The van der Waals surface area contributed by atoms with Crippen LogP contribution < -0.4 is 10.1 Å².